The molecule has 0 aliphatic heterocycles. The molecule has 0 aromatic rings. The quantitative estimate of drug-likeness (QED) is 0.527. The first-order valence-electron chi connectivity index (χ1n) is 7.08. The minimum Gasteiger partial charge on any atom is -0.465 e. The second-order valence-electron chi connectivity index (χ2n) is 5.94. The van der Waals surface area contributed by atoms with Gasteiger partial charge >= 0.3 is 11.9 Å². The van der Waals surface area contributed by atoms with E-state index in [2.05, 4.69) is 20.8 Å². The van der Waals surface area contributed by atoms with E-state index >= 15 is 0 Å². The summed E-state index contributed by atoms with van der Waals surface area (Å²) in [6.07, 6.45) is 1.63. The number of carbonyl (C=O) groups is 2. The molecule has 0 amide bonds. The maximum Gasteiger partial charge on any atom is 0.323 e. The Hall–Kier alpha value is -1.06. The molecule has 19 heavy (non-hydrogen) atoms. The molecule has 4 nitrogen and oxygen atoms in total. The van der Waals surface area contributed by atoms with E-state index < -0.39 is 17.4 Å². The smallest absolute Gasteiger partial charge is 0.323 e. The molecule has 0 saturated carbocycles. The highest BCUT2D eigenvalue weighted by Gasteiger charge is 2.47. The van der Waals surface area contributed by atoms with E-state index in [0.29, 0.717) is 12.8 Å². The Morgan fingerprint density at radius 2 is 1.26 bits per heavy atom. The Bertz CT molecular complexity index is 284. The standard InChI is InChI=1S/C15H28O4/c1-7-15(12(16)18-8-2,13(17)19-9-3)11-10-14(4,5)6/h7-11H2,1-6H3. The molecule has 0 aromatic heterocycles. The average molecular weight is 272 g/mol. The fraction of sp³-hybridized carbons (Fsp3) is 0.867. The van der Waals surface area contributed by atoms with Gasteiger partial charge in [0.05, 0.1) is 13.2 Å². The van der Waals surface area contributed by atoms with Gasteiger partial charge < -0.3 is 9.47 Å². The Balaban J connectivity index is 5.17. The molecular weight excluding hydrogens is 244 g/mol. The Kier molecular flexibility index (Phi) is 7.09. The fourth-order valence-corrected chi connectivity index (χ4v) is 1.88. The van der Waals surface area contributed by atoms with Gasteiger partial charge in [-0.15, -0.1) is 0 Å². The highest BCUT2D eigenvalue weighted by Crippen LogP contribution is 2.36. The molecule has 0 aromatic carbocycles. The zero-order valence-corrected chi connectivity index (χ0v) is 13.2. The number of rotatable bonds is 7. The van der Waals surface area contributed by atoms with Gasteiger partial charge in [-0.25, -0.2) is 0 Å². The van der Waals surface area contributed by atoms with Crippen LogP contribution >= 0.6 is 0 Å². The van der Waals surface area contributed by atoms with E-state index in [-0.39, 0.29) is 18.6 Å². The monoisotopic (exact) mass is 272 g/mol. The van der Waals surface area contributed by atoms with Gasteiger partial charge in [0, 0.05) is 0 Å². The number of hydrogen-bond donors (Lipinski definition) is 0. The van der Waals surface area contributed by atoms with Gasteiger partial charge in [0.25, 0.3) is 0 Å². The molecule has 4 heteroatoms. The summed E-state index contributed by atoms with van der Waals surface area (Å²) in [7, 11) is 0. The first-order valence-corrected chi connectivity index (χ1v) is 7.08. The average Bonchev–Trinajstić information content (AvgIpc) is 2.29. The lowest BCUT2D eigenvalue weighted by atomic mass is 9.75. The maximum atomic E-state index is 12.2. The maximum absolute atomic E-state index is 12.2. The third kappa shape index (κ3) is 5.21. The second-order valence-corrected chi connectivity index (χ2v) is 5.94. The Labute approximate surface area is 116 Å². The van der Waals surface area contributed by atoms with Crippen LogP contribution < -0.4 is 0 Å². The normalized spacial score (nSPS) is 12.1. The summed E-state index contributed by atoms with van der Waals surface area (Å²) in [5.74, 6) is -0.916. The summed E-state index contributed by atoms with van der Waals surface area (Å²) in [5.41, 5.74) is -1.10. The summed E-state index contributed by atoms with van der Waals surface area (Å²) in [4.78, 5) is 24.4. The molecule has 0 rings (SSSR count). The lowest BCUT2D eigenvalue weighted by Crippen LogP contribution is -2.42. The van der Waals surface area contributed by atoms with Crippen LogP contribution in [0.2, 0.25) is 0 Å². The van der Waals surface area contributed by atoms with Crippen molar-refractivity contribution in [2.75, 3.05) is 13.2 Å². The molecule has 0 fully saturated rings. The minimum atomic E-state index is -1.15. The van der Waals surface area contributed by atoms with Gasteiger partial charge in [-0.05, 0) is 38.5 Å². The largest absolute Gasteiger partial charge is 0.465 e. The first-order chi connectivity index (χ1) is 8.73. The van der Waals surface area contributed by atoms with E-state index in [1.807, 2.05) is 6.92 Å². The highest BCUT2D eigenvalue weighted by atomic mass is 16.6. The van der Waals surface area contributed by atoms with Crippen molar-refractivity contribution in [3.63, 3.8) is 0 Å². The van der Waals surface area contributed by atoms with Gasteiger partial charge in [0.15, 0.2) is 5.41 Å². The summed E-state index contributed by atoms with van der Waals surface area (Å²) < 4.78 is 10.2. The van der Waals surface area contributed by atoms with Crippen molar-refractivity contribution < 1.29 is 19.1 Å². The van der Waals surface area contributed by atoms with E-state index in [9.17, 15) is 9.59 Å². The molecule has 0 saturated heterocycles. The molecule has 112 valence electrons. The molecule has 0 heterocycles. The summed E-state index contributed by atoms with van der Waals surface area (Å²) in [5, 5.41) is 0. The molecule has 0 aliphatic carbocycles. The number of esters is 2. The molecule has 0 spiro atoms. The van der Waals surface area contributed by atoms with Crippen molar-refractivity contribution in [1.82, 2.24) is 0 Å². The van der Waals surface area contributed by atoms with Crippen LogP contribution in [0, 0.1) is 10.8 Å². The SMILES string of the molecule is CCOC(=O)C(CC)(CCC(C)(C)C)C(=O)OCC. The van der Waals surface area contributed by atoms with Gasteiger partial charge in [0.1, 0.15) is 0 Å². The molecule has 0 radical (unpaired) electrons. The molecular formula is C15H28O4. The van der Waals surface area contributed by atoms with E-state index in [4.69, 9.17) is 9.47 Å². The molecule has 0 aliphatic rings. The molecule has 0 N–H and O–H groups in total. The summed E-state index contributed by atoms with van der Waals surface area (Å²) in [6.45, 7) is 12.1. The first kappa shape index (κ1) is 17.9. The predicted molar refractivity (Wildman–Crippen MR) is 74.7 cm³/mol. The van der Waals surface area contributed by atoms with Crippen LogP contribution in [-0.2, 0) is 19.1 Å². The topological polar surface area (TPSA) is 52.6 Å². The second kappa shape index (κ2) is 7.51. The van der Waals surface area contributed by atoms with Crippen molar-refractivity contribution in [3.8, 4) is 0 Å². The molecule has 0 atom stereocenters. The molecule has 0 unspecified atom stereocenters. The van der Waals surface area contributed by atoms with Crippen molar-refractivity contribution in [2.24, 2.45) is 10.8 Å². The number of ether oxygens (including phenoxy) is 2. The van der Waals surface area contributed by atoms with Gasteiger partial charge in [-0.3, -0.25) is 9.59 Å². The summed E-state index contributed by atoms with van der Waals surface area (Å²) in [6, 6.07) is 0. The van der Waals surface area contributed by atoms with Crippen LogP contribution in [0.3, 0.4) is 0 Å². The van der Waals surface area contributed by atoms with Crippen LogP contribution in [0.4, 0.5) is 0 Å². The third-order valence-electron chi connectivity index (χ3n) is 3.24. The number of carbonyl (C=O) groups excluding carboxylic acids is 2. The summed E-state index contributed by atoms with van der Waals surface area (Å²) >= 11 is 0. The van der Waals surface area contributed by atoms with E-state index in [1.54, 1.807) is 13.8 Å². The van der Waals surface area contributed by atoms with Crippen LogP contribution in [0.1, 0.15) is 60.8 Å². The predicted octanol–water partition coefficient (Wildman–Crippen LogP) is 3.34. The minimum absolute atomic E-state index is 0.0550. The Morgan fingerprint density at radius 3 is 1.53 bits per heavy atom. The molecule has 0 bridgehead atoms. The van der Waals surface area contributed by atoms with Crippen LogP contribution in [0.15, 0.2) is 0 Å². The van der Waals surface area contributed by atoms with Crippen LogP contribution in [0.25, 0.3) is 0 Å². The zero-order valence-electron chi connectivity index (χ0n) is 13.2. The van der Waals surface area contributed by atoms with Gasteiger partial charge in [0.2, 0.25) is 0 Å². The highest BCUT2D eigenvalue weighted by molar-refractivity contribution is 6.00. The van der Waals surface area contributed by atoms with Crippen molar-refractivity contribution >= 4 is 11.9 Å². The number of hydrogen-bond acceptors (Lipinski definition) is 4. The van der Waals surface area contributed by atoms with Crippen molar-refractivity contribution in [2.45, 2.75) is 60.8 Å². The lowest BCUT2D eigenvalue weighted by molar-refractivity contribution is -0.173. The fourth-order valence-electron chi connectivity index (χ4n) is 1.88. The van der Waals surface area contributed by atoms with Crippen molar-refractivity contribution in [1.29, 1.82) is 0 Å². The van der Waals surface area contributed by atoms with Gasteiger partial charge in [-0.2, -0.15) is 0 Å². The lowest BCUT2D eigenvalue weighted by Gasteiger charge is -2.30. The van der Waals surface area contributed by atoms with Gasteiger partial charge in [-0.1, -0.05) is 27.7 Å². The Morgan fingerprint density at radius 1 is 0.842 bits per heavy atom. The third-order valence-corrected chi connectivity index (χ3v) is 3.24. The zero-order chi connectivity index (χ0) is 15.1. The van der Waals surface area contributed by atoms with E-state index in [1.165, 1.54) is 0 Å². The van der Waals surface area contributed by atoms with Crippen LogP contribution in [0.5, 0.6) is 0 Å². The van der Waals surface area contributed by atoms with Crippen molar-refractivity contribution in [3.05, 3.63) is 0 Å². The van der Waals surface area contributed by atoms with Crippen LogP contribution in [-0.4, -0.2) is 25.2 Å². The van der Waals surface area contributed by atoms with E-state index in [0.717, 1.165) is 6.42 Å².